The van der Waals surface area contributed by atoms with Gasteiger partial charge < -0.3 is 15.4 Å². The average Bonchev–Trinajstić information content (AvgIpc) is 3.04. The summed E-state index contributed by atoms with van der Waals surface area (Å²) >= 11 is 0. The first-order chi connectivity index (χ1) is 9.74. The number of amides is 1. The fourth-order valence-corrected chi connectivity index (χ4v) is 2.81. The van der Waals surface area contributed by atoms with Crippen molar-refractivity contribution in [2.75, 3.05) is 18.5 Å². The molecule has 1 aromatic rings. The zero-order valence-electron chi connectivity index (χ0n) is 11.2. The van der Waals surface area contributed by atoms with Gasteiger partial charge in [0.2, 0.25) is 5.91 Å². The Balaban J connectivity index is 1.50. The van der Waals surface area contributed by atoms with E-state index in [1.54, 1.807) is 0 Å². The summed E-state index contributed by atoms with van der Waals surface area (Å²) in [5.74, 6) is -0.0167. The number of cyclic esters (lactones) is 1. The van der Waals surface area contributed by atoms with Crippen molar-refractivity contribution in [1.82, 2.24) is 5.32 Å². The van der Waals surface area contributed by atoms with Crippen LogP contribution in [0.4, 0.5) is 5.69 Å². The molecule has 0 aliphatic carbocycles. The smallest absolute Gasteiger partial charge is 0.328 e. The van der Waals surface area contributed by atoms with Crippen molar-refractivity contribution in [3.8, 4) is 0 Å². The number of fused-ring (bicyclic) bond motifs is 1. The number of rotatable bonds is 4. The lowest BCUT2D eigenvalue weighted by molar-refractivity contribution is -0.141. The van der Waals surface area contributed by atoms with Crippen LogP contribution >= 0.6 is 0 Å². The molecule has 0 aromatic heterocycles. The summed E-state index contributed by atoms with van der Waals surface area (Å²) < 4.78 is 4.83. The summed E-state index contributed by atoms with van der Waals surface area (Å²) in [5.41, 5.74) is 2.44. The molecule has 5 heteroatoms. The van der Waals surface area contributed by atoms with Crippen LogP contribution in [-0.2, 0) is 14.3 Å². The standard InChI is InChI=1S/C15H18N2O3/c18-14(17-13-7-8-20-15(13)19)6-5-10-9-16-12-4-2-1-3-11(10)12/h1-4,10,13,16H,5-9H2,(H,17,18). The summed E-state index contributed by atoms with van der Waals surface area (Å²) in [5, 5.41) is 6.09. The molecule has 0 saturated carbocycles. The van der Waals surface area contributed by atoms with Crippen LogP contribution in [0.2, 0.25) is 0 Å². The van der Waals surface area contributed by atoms with E-state index >= 15 is 0 Å². The van der Waals surface area contributed by atoms with Crippen molar-refractivity contribution in [2.24, 2.45) is 0 Å². The first kappa shape index (κ1) is 13.0. The number of nitrogens with one attached hydrogen (secondary N) is 2. The Kier molecular flexibility index (Phi) is 3.58. The summed E-state index contributed by atoms with van der Waals surface area (Å²) in [6, 6.07) is 7.74. The van der Waals surface area contributed by atoms with Gasteiger partial charge in [0.25, 0.3) is 0 Å². The van der Waals surface area contributed by atoms with E-state index in [0.717, 1.165) is 18.7 Å². The fourth-order valence-electron chi connectivity index (χ4n) is 2.81. The van der Waals surface area contributed by atoms with Crippen LogP contribution in [0.15, 0.2) is 24.3 Å². The number of para-hydroxylation sites is 1. The lowest BCUT2D eigenvalue weighted by Crippen LogP contribution is -2.37. The Morgan fingerprint density at radius 1 is 1.40 bits per heavy atom. The van der Waals surface area contributed by atoms with E-state index in [1.165, 1.54) is 5.56 Å². The Labute approximate surface area is 117 Å². The Morgan fingerprint density at radius 2 is 2.25 bits per heavy atom. The third kappa shape index (κ3) is 2.61. The van der Waals surface area contributed by atoms with Gasteiger partial charge in [0.1, 0.15) is 6.04 Å². The largest absolute Gasteiger partial charge is 0.464 e. The second kappa shape index (κ2) is 5.53. The van der Waals surface area contributed by atoms with Crippen molar-refractivity contribution in [3.63, 3.8) is 0 Å². The molecule has 5 nitrogen and oxygen atoms in total. The number of benzene rings is 1. The minimum atomic E-state index is -0.448. The summed E-state index contributed by atoms with van der Waals surface area (Å²) in [7, 11) is 0. The number of hydrogen-bond donors (Lipinski definition) is 2. The number of esters is 1. The van der Waals surface area contributed by atoms with E-state index < -0.39 is 6.04 Å². The van der Waals surface area contributed by atoms with Crippen LogP contribution in [0, 0.1) is 0 Å². The molecule has 2 atom stereocenters. The lowest BCUT2D eigenvalue weighted by Gasteiger charge is -2.12. The van der Waals surface area contributed by atoms with E-state index in [2.05, 4.69) is 22.8 Å². The second-order valence-electron chi connectivity index (χ2n) is 5.28. The Bertz CT molecular complexity index is 530. The quantitative estimate of drug-likeness (QED) is 0.815. The molecule has 0 bridgehead atoms. The zero-order valence-corrected chi connectivity index (χ0v) is 11.2. The molecule has 2 unspecified atom stereocenters. The highest BCUT2D eigenvalue weighted by Crippen LogP contribution is 2.33. The Hall–Kier alpha value is -2.04. The summed E-state index contributed by atoms with van der Waals surface area (Å²) in [4.78, 5) is 23.2. The number of hydrogen-bond acceptors (Lipinski definition) is 4. The van der Waals surface area contributed by atoms with Crippen molar-refractivity contribution < 1.29 is 14.3 Å². The van der Waals surface area contributed by atoms with E-state index in [1.807, 2.05) is 12.1 Å². The molecule has 1 aromatic carbocycles. The van der Waals surface area contributed by atoms with Crippen molar-refractivity contribution >= 4 is 17.6 Å². The summed E-state index contributed by atoms with van der Waals surface area (Å²) in [6.45, 7) is 1.28. The van der Waals surface area contributed by atoms with Gasteiger partial charge in [-0.15, -0.1) is 0 Å². The van der Waals surface area contributed by atoms with Gasteiger partial charge in [0, 0.05) is 31.0 Å². The minimum Gasteiger partial charge on any atom is -0.464 e. The molecule has 2 aliphatic rings. The van der Waals surface area contributed by atoms with Gasteiger partial charge in [-0.1, -0.05) is 18.2 Å². The molecule has 0 spiro atoms. The van der Waals surface area contributed by atoms with Crippen molar-refractivity contribution in [3.05, 3.63) is 29.8 Å². The molecule has 106 valence electrons. The van der Waals surface area contributed by atoms with E-state index in [9.17, 15) is 9.59 Å². The van der Waals surface area contributed by atoms with Gasteiger partial charge >= 0.3 is 5.97 Å². The highest BCUT2D eigenvalue weighted by Gasteiger charge is 2.28. The van der Waals surface area contributed by atoms with Gasteiger partial charge in [-0.25, -0.2) is 4.79 Å². The molecule has 1 amide bonds. The SMILES string of the molecule is O=C(CCC1CNc2ccccc21)NC1CCOC1=O. The Morgan fingerprint density at radius 3 is 3.05 bits per heavy atom. The molecule has 3 rings (SSSR count). The maximum Gasteiger partial charge on any atom is 0.328 e. The third-order valence-electron chi connectivity index (χ3n) is 3.93. The first-order valence-electron chi connectivity index (χ1n) is 7.03. The molecule has 20 heavy (non-hydrogen) atoms. The number of carbonyl (C=O) groups is 2. The highest BCUT2D eigenvalue weighted by atomic mass is 16.5. The van der Waals surface area contributed by atoms with Crippen LogP contribution in [0.1, 0.15) is 30.7 Å². The first-order valence-corrected chi connectivity index (χ1v) is 7.03. The topological polar surface area (TPSA) is 67.4 Å². The maximum absolute atomic E-state index is 11.9. The van der Waals surface area contributed by atoms with Gasteiger partial charge in [-0.3, -0.25) is 4.79 Å². The minimum absolute atomic E-state index is 0.0711. The molecule has 2 heterocycles. The predicted octanol–water partition coefficient (Wildman–Crippen LogP) is 1.41. The van der Waals surface area contributed by atoms with Crippen LogP contribution in [0.3, 0.4) is 0 Å². The number of anilines is 1. The van der Waals surface area contributed by atoms with Gasteiger partial charge in [-0.05, 0) is 18.1 Å². The zero-order chi connectivity index (χ0) is 13.9. The predicted molar refractivity (Wildman–Crippen MR) is 74.4 cm³/mol. The number of ether oxygens (including phenoxy) is 1. The summed E-state index contributed by atoms with van der Waals surface area (Å²) in [6.07, 6.45) is 1.81. The second-order valence-corrected chi connectivity index (χ2v) is 5.28. The van der Waals surface area contributed by atoms with E-state index in [0.29, 0.717) is 25.4 Å². The van der Waals surface area contributed by atoms with Crippen LogP contribution in [0.5, 0.6) is 0 Å². The van der Waals surface area contributed by atoms with E-state index in [4.69, 9.17) is 4.74 Å². The van der Waals surface area contributed by atoms with Gasteiger partial charge in [0.05, 0.1) is 6.61 Å². The molecular formula is C15H18N2O3. The van der Waals surface area contributed by atoms with Gasteiger partial charge in [0.15, 0.2) is 0 Å². The third-order valence-corrected chi connectivity index (χ3v) is 3.93. The normalized spacial score (nSPS) is 23.9. The molecule has 2 N–H and O–H groups in total. The van der Waals surface area contributed by atoms with Crippen molar-refractivity contribution in [2.45, 2.75) is 31.2 Å². The van der Waals surface area contributed by atoms with E-state index in [-0.39, 0.29) is 11.9 Å². The van der Waals surface area contributed by atoms with Crippen LogP contribution in [-0.4, -0.2) is 31.1 Å². The molecule has 1 saturated heterocycles. The average molecular weight is 274 g/mol. The highest BCUT2D eigenvalue weighted by molar-refractivity contribution is 5.85. The molecule has 2 aliphatic heterocycles. The van der Waals surface area contributed by atoms with Crippen LogP contribution in [0.25, 0.3) is 0 Å². The van der Waals surface area contributed by atoms with Gasteiger partial charge in [-0.2, -0.15) is 0 Å². The molecule has 1 fully saturated rings. The molecular weight excluding hydrogens is 256 g/mol. The lowest BCUT2D eigenvalue weighted by atomic mass is 9.96. The number of carbonyl (C=O) groups excluding carboxylic acids is 2. The van der Waals surface area contributed by atoms with Crippen LogP contribution < -0.4 is 10.6 Å². The fraction of sp³-hybridized carbons (Fsp3) is 0.467. The maximum atomic E-state index is 11.9. The monoisotopic (exact) mass is 274 g/mol. The molecule has 0 radical (unpaired) electrons. The van der Waals surface area contributed by atoms with Crippen molar-refractivity contribution in [1.29, 1.82) is 0 Å².